The van der Waals surface area contributed by atoms with Crippen molar-refractivity contribution in [3.8, 4) is 0 Å². The molecule has 4 heteroatoms. The number of hydrogen-bond acceptors (Lipinski definition) is 2. The molecular weight excluding hydrogens is 328 g/mol. The van der Waals surface area contributed by atoms with Crippen LogP contribution >= 0.6 is 15.9 Å². The topological polar surface area (TPSA) is 42.0 Å². The molecule has 3 nitrogen and oxygen atoms in total. The van der Waals surface area contributed by atoms with Crippen LogP contribution in [0.25, 0.3) is 10.9 Å². The van der Waals surface area contributed by atoms with Crippen LogP contribution in [0.4, 0.5) is 5.69 Å². The van der Waals surface area contributed by atoms with Gasteiger partial charge in [0.1, 0.15) is 0 Å². The molecule has 0 saturated carbocycles. The predicted octanol–water partition coefficient (Wildman–Crippen LogP) is 4.56. The average molecular weight is 341 g/mol. The molecule has 0 aliphatic heterocycles. The summed E-state index contributed by atoms with van der Waals surface area (Å²) in [5.41, 5.74) is 3.34. The van der Waals surface area contributed by atoms with Crippen molar-refractivity contribution in [1.29, 1.82) is 0 Å². The molecule has 1 amide bonds. The van der Waals surface area contributed by atoms with E-state index in [2.05, 4.69) is 26.2 Å². The fourth-order valence-corrected chi connectivity index (χ4v) is 2.59. The summed E-state index contributed by atoms with van der Waals surface area (Å²) < 4.78 is 0.785. The number of nitrogens with one attached hydrogen (secondary N) is 1. The van der Waals surface area contributed by atoms with Gasteiger partial charge in [0.25, 0.3) is 5.91 Å². The number of fused-ring (bicyclic) bond motifs is 1. The van der Waals surface area contributed by atoms with E-state index in [4.69, 9.17) is 0 Å². The quantitative estimate of drug-likeness (QED) is 0.743. The predicted molar refractivity (Wildman–Crippen MR) is 88.6 cm³/mol. The summed E-state index contributed by atoms with van der Waals surface area (Å²) in [7, 11) is 0. The van der Waals surface area contributed by atoms with Gasteiger partial charge in [0.15, 0.2) is 0 Å². The Balaban J connectivity index is 1.90. The fourth-order valence-electron chi connectivity index (χ4n) is 2.16. The molecule has 1 N–H and O–H groups in total. The Kier molecular flexibility index (Phi) is 3.71. The third kappa shape index (κ3) is 2.95. The van der Waals surface area contributed by atoms with E-state index in [1.807, 2.05) is 55.5 Å². The standard InChI is InChI=1S/C17H13BrN2O/c1-11-4-6-15(18)14(9-11)17(21)20-13-5-7-16-12(10-13)3-2-8-19-16/h2-10H,1H3,(H,20,21). The maximum atomic E-state index is 12.4. The van der Waals surface area contributed by atoms with Gasteiger partial charge in [-0.05, 0) is 59.3 Å². The van der Waals surface area contributed by atoms with E-state index in [0.29, 0.717) is 5.56 Å². The Labute approximate surface area is 131 Å². The number of rotatable bonds is 2. The first-order chi connectivity index (χ1) is 10.1. The van der Waals surface area contributed by atoms with Crippen molar-refractivity contribution < 1.29 is 4.79 Å². The summed E-state index contributed by atoms with van der Waals surface area (Å²) in [6.45, 7) is 1.96. The Bertz CT molecular complexity index is 830. The van der Waals surface area contributed by atoms with Gasteiger partial charge in [-0.3, -0.25) is 9.78 Å². The molecule has 0 aliphatic rings. The molecule has 3 rings (SSSR count). The molecule has 0 spiro atoms. The zero-order valence-electron chi connectivity index (χ0n) is 11.4. The molecule has 3 aromatic rings. The van der Waals surface area contributed by atoms with Crippen LogP contribution in [0.2, 0.25) is 0 Å². The second-order valence-electron chi connectivity index (χ2n) is 4.85. The van der Waals surface area contributed by atoms with E-state index < -0.39 is 0 Å². The number of nitrogens with zero attached hydrogens (tertiary/aromatic N) is 1. The molecular formula is C17H13BrN2O. The van der Waals surface area contributed by atoms with E-state index in [1.54, 1.807) is 6.20 Å². The highest BCUT2D eigenvalue weighted by Gasteiger charge is 2.10. The summed E-state index contributed by atoms with van der Waals surface area (Å²) in [6.07, 6.45) is 1.75. The van der Waals surface area contributed by atoms with Crippen LogP contribution in [0.3, 0.4) is 0 Å². The van der Waals surface area contributed by atoms with Gasteiger partial charge in [-0.25, -0.2) is 0 Å². The number of halogens is 1. The number of benzene rings is 2. The lowest BCUT2D eigenvalue weighted by Crippen LogP contribution is -2.12. The van der Waals surface area contributed by atoms with Gasteiger partial charge < -0.3 is 5.32 Å². The second kappa shape index (κ2) is 5.66. The maximum Gasteiger partial charge on any atom is 0.256 e. The lowest BCUT2D eigenvalue weighted by atomic mass is 10.1. The Morgan fingerprint density at radius 1 is 1.14 bits per heavy atom. The van der Waals surface area contributed by atoms with Crippen molar-refractivity contribution in [2.75, 3.05) is 5.32 Å². The van der Waals surface area contributed by atoms with Crippen LogP contribution in [0.5, 0.6) is 0 Å². The van der Waals surface area contributed by atoms with Gasteiger partial charge in [0, 0.05) is 21.7 Å². The van der Waals surface area contributed by atoms with E-state index in [0.717, 1.165) is 26.6 Å². The summed E-state index contributed by atoms with van der Waals surface area (Å²) in [6, 6.07) is 15.2. The van der Waals surface area contributed by atoms with Crippen molar-refractivity contribution >= 4 is 38.4 Å². The van der Waals surface area contributed by atoms with Crippen molar-refractivity contribution in [1.82, 2.24) is 4.98 Å². The smallest absolute Gasteiger partial charge is 0.256 e. The van der Waals surface area contributed by atoms with Gasteiger partial charge in [-0.2, -0.15) is 0 Å². The first-order valence-electron chi connectivity index (χ1n) is 6.56. The molecule has 0 saturated heterocycles. The molecule has 2 aromatic carbocycles. The Morgan fingerprint density at radius 3 is 2.86 bits per heavy atom. The van der Waals surface area contributed by atoms with Gasteiger partial charge in [0.05, 0.1) is 11.1 Å². The summed E-state index contributed by atoms with van der Waals surface area (Å²) >= 11 is 3.41. The number of hydrogen-bond donors (Lipinski definition) is 1. The number of aromatic nitrogens is 1. The highest BCUT2D eigenvalue weighted by molar-refractivity contribution is 9.10. The molecule has 0 atom stereocenters. The molecule has 104 valence electrons. The third-order valence-electron chi connectivity index (χ3n) is 3.23. The van der Waals surface area contributed by atoms with Crippen molar-refractivity contribution in [2.24, 2.45) is 0 Å². The number of aryl methyl sites for hydroxylation is 1. The second-order valence-corrected chi connectivity index (χ2v) is 5.70. The zero-order chi connectivity index (χ0) is 14.8. The van der Waals surface area contributed by atoms with E-state index >= 15 is 0 Å². The summed E-state index contributed by atoms with van der Waals surface area (Å²) in [5, 5.41) is 3.92. The van der Waals surface area contributed by atoms with Gasteiger partial charge >= 0.3 is 0 Å². The minimum atomic E-state index is -0.131. The molecule has 0 aliphatic carbocycles. The van der Waals surface area contributed by atoms with Crippen LogP contribution in [-0.4, -0.2) is 10.9 Å². The van der Waals surface area contributed by atoms with Crippen molar-refractivity contribution in [3.63, 3.8) is 0 Å². The van der Waals surface area contributed by atoms with Gasteiger partial charge in [0.2, 0.25) is 0 Å². The molecule has 0 radical (unpaired) electrons. The molecule has 0 bridgehead atoms. The minimum Gasteiger partial charge on any atom is -0.322 e. The van der Waals surface area contributed by atoms with E-state index in [9.17, 15) is 4.79 Å². The molecule has 0 unspecified atom stereocenters. The zero-order valence-corrected chi connectivity index (χ0v) is 13.0. The molecule has 21 heavy (non-hydrogen) atoms. The van der Waals surface area contributed by atoms with Crippen molar-refractivity contribution in [3.05, 3.63) is 70.3 Å². The Hall–Kier alpha value is -2.20. The first-order valence-corrected chi connectivity index (χ1v) is 7.35. The molecule has 1 aromatic heterocycles. The van der Waals surface area contributed by atoms with E-state index in [1.165, 1.54) is 0 Å². The van der Waals surface area contributed by atoms with Crippen molar-refractivity contribution in [2.45, 2.75) is 6.92 Å². The Morgan fingerprint density at radius 2 is 2.00 bits per heavy atom. The van der Waals surface area contributed by atoms with Crippen LogP contribution in [-0.2, 0) is 0 Å². The normalized spacial score (nSPS) is 10.6. The number of anilines is 1. The third-order valence-corrected chi connectivity index (χ3v) is 3.92. The maximum absolute atomic E-state index is 12.4. The molecule has 0 fully saturated rings. The minimum absolute atomic E-state index is 0.131. The first kappa shape index (κ1) is 13.8. The fraction of sp³-hybridized carbons (Fsp3) is 0.0588. The monoisotopic (exact) mass is 340 g/mol. The summed E-state index contributed by atoms with van der Waals surface area (Å²) in [4.78, 5) is 16.6. The van der Waals surface area contributed by atoms with Crippen LogP contribution in [0.1, 0.15) is 15.9 Å². The lowest BCUT2D eigenvalue weighted by Gasteiger charge is -2.08. The van der Waals surface area contributed by atoms with Crippen LogP contribution < -0.4 is 5.32 Å². The highest BCUT2D eigenvalue weighted by Crippen LogP contribution is 2.21. The number of carbonyl (C=O) groups is 1. The van der Waals surface area contributed by atoms with E-state index in [-0.39, 0.29) is 5.91 Å². The average Bonchev–Trinajstić information content (AvgIpc) is 2.49. The van der Waals surface area contributed by atoms with Crippen LogP contribution in [0, 0.1) is 6.92 Å². The van der Waals surface area contributed by atoms with Gasteiger partial charge in [-0.15, -0.1) is 0 Å². The van der Waals surface area contributed by atoms with Crippen LogP contribution in [0.15, 0.2) is 59.2 Å². The lowest BCUT2D eigenvalue weighted by molar-refractivity contribution is 0.102. The number of pyridine rings is 1. The number of amides is 1. The SMILES string of the molecule is Cc1ccc(Br)c(C(=O)Nc2ccc3ncccc3c2)c1. The molecule has 1 heterocycles. The largest absolute Gasteiger partial charge is 0.322 e. The highest BCUT2D eigenvalue weighted by atomic mass is 79.9. The number of carbonyl (C=O) groups excluding carboxylic acids is 1. The van der Waals surface area contributed by atoms with Gasteiger partial charge in [-0.1, -0.05) is 17.7 Å². The summed E-state index contributed by atoms with van der Waals surface area (Å²) in [5.74, 6) is -0.131.